The molecule has 1 fully saturated rings. The van der Waals surface area contributed by atoms with Crippen molar-refractivity contribution in [3.63, 3.8) is 0 Å². The summed E-state index contributed by atoms with van der Waals surface area (Å²) < 4.78 is 5.29. The Hall–Kier alpha value is -2.32. The number of anilines is 2. The molecule has 1 heterocycles. The van der Waals surface area contributed by atoms with Gasteiger partial charge >= 0.3 is 0 Å². The summed E-state index contributed by atoms with van der Waals surface area (Å²) >= 11 is 6.04. The van der Waals surface area contributed by atoms with Crippen LogP contribution in [0.4, 0.5) is 11.5 Å². The maximum Gasteiger partial charge on any atom is 0.143 e. The fraction of sp³-hybridized carbons (Fsp3) is 0.267. The van der Waals surface area contributed by atoms with E-state index < -0.39 is 0 Å². The maximum atomic E-state index is 8.91. The molecule has 0 aliphatic heterocycles. The van der Waals surface area contributed by atoms with Gasteiger partial charge in [0.25, 0.3) is 0 Å². The van der Waals surface area contributed by atoms with Crippen LogP contribution >= 0.6 is 11.6 Å². The summed E-state index contributed by atoms with van der Waals surface area (Å²) in [4.78, 5) is 8.73. The van der Waals surface area contributed by atoms with Crippen LogP contribution in [0.3, 0.4) is 0 Å². The molecule has 6 heteroatoms. The Balaban J connectivity index is 1.91. The number of nitrogens with one attached hydrogen (secondary N) is 1. The monoisotopic (exact) mass is 300 g/mol. The summed E-state index contributed by atoms with van der Waals surface area (Å²) in [6.07, 6.45) is 2.22. The van der Waals surface area contributed by atoms with Crippen LogP contribution in [0.5, 0.6) is 5.75 Å². The predicted molar refractivity (Wildman–Crippen MR) is 80.0 cm³/mol. The molecule has 1 aromatic heterocycles. The summed E-state index contributed by atoms with van der Waals surface area (Å²) in [5.74, 6) is 2.40. The summed E-state index contributed by atoms with van der Waals surface area (Å²) in [6, 6.07) is 8.92. The first-order chi connectivity index (χ1) is 10.2. The lowest BCUT2D eigenvalue weighted by Crippen LogP contribution is -2.01. The Morgan fingerprint density at radius 3 is 2.81 bits per heavy atom. The van der Waals surface area contributed by atoms with E-state index >= 15 is 0 Å². The number of rotatable bonds is 4. The van der Waals surface area contributed by atoms with E-state index in [1.54, 1.807) is 31.4 Å². The molecule has 2 aromatic rings. The summed E-state index contributed by atoms with van der Waals surface area (Å²) in [5.41, 5.74) is 1.27. The average molecular weight is 301 g/mol. The van der Waals surface area contributed by atoms with Gasteiger partial charge in [0.05, 0.1) is 24.4 Å². The second kappa shape index (κ2) is 5.58. The molecule has 21 heavy (non-hydrogen) atoms. The minimum absolute atomic E-state index is 0.419. The smallest absolute Gasteiger partial charge is 0.143 e. The van der Waals surface area contributed by atoms with E-state index in [0.717, 1.165) is 24.4 Å². The molecule has 0 bridgehead atoms. The first kappa shape index (κ1) is 13.7. The molecule has 0 radical (unpaired) electrons. The van der Waals surface area contributed by atoms with Crippen LogP contribution in [0.25, 0.3) is 0 Å². The molecule has 106 valence electrons. The van der Waals surface area contributed by atoms with Crippen molar-refractivity contribution in [2.45, 2.75) is 18.8 Å². The Morgan fingerprint density at radius 2 is 2.14 bits per heavy atom. The van der Waals surface area contributed by atoms with Gasteiger partial charge in [-0.2, -0.15) is 5.26 Å². The molecule has 3 rings (SSSR count). The van der Waals surface area contributed by atoms with Gasteiger partial charge in [-0.3, -0.25) is 0 Å². The molecule has 1 aliphatic carbocycles. The zero-order chi connectivity index (χ0) is 14.8. The number of methoxy groups -OCH3 is 1. The highest BCUT2D eigenvalue weighted by atomic mass is 35.5. The number of hydrogen-bond donors (Lipinski definition) is 1. The van der Waals surface area contributed by atoms with Crippen LogP contribution < -0.4 is 10.1 Å². The number of nitrogens with zero attached hydrogens (tertiary/aromatic N) is 3. The van der Waals surface area contributed by atoms with Crippen LogP contribution in [0.2, 0.25) is 5.15 Å². The van der Waals surface area contributed by atoms with Gasteiger partial charge in [-0.15, -0.1) is 0 Å². The van der Waals surface area contributed by atoms with Crippen molar-refractivity contribution in [3.05, 3.63) is 40.8 Å². The SMILES string of the molecule is COc1cc(C#N)ccc1Nc1cc(Cl)nc(C2CC2)n1. The van der Waals surface area contributed by atoms with Gasteiger partial charge in [0, 0.05) is 18.1 Å². The van der Waals surface area contributed by atoms with Gasteiger partial charge in [0.15, 0.2) is 0 Å². The third kappa shape index (κ3) is 3.06. The lowest BCUT2D eigenvalue weighted by molar-refractivity contribution is 0.416. The van der Waals surface area contributed by atoms with Crippen LogP contribution in [0.15, 0.2) is 24.3 Å². The zero-order valence-electron chi connectivity index (χ0n) is 11.4. The Kier molecular flexibility index (Phi) is 3.63. The highest BCUT2D eigenvalue weighted by Gasteiger charge is 2.27. The van der Waals surface area contributed by atoms with Crippen molar-refractivity contribution < 1.29 is 4.74 Å². The first-order valence-corrected chi connectivity index (χ1v) is 6.97. The van der Waals surface area contributed by atoms with Crippen LogP contribution in [0, 0.1) is 11.3 Å². The van der Waals surface area contributed by atoms with Gasteiger partial charge in [-0.05, 0) is 25.0 Å². The third-order valence-corrected chi connectivity index (χ3v) is 3.44. The second-order valence-electron chi connectivity index (χ2n) is 4.86. The van der Waals surface area contributed by atoms with Crippen molar-refractivity contribution in [2.24, 2.45) is 0 Å². The molecule has 1 saturated carbocycles. The Bertz CT molecular complexity index is 722. The summed E-state index contributed by atoms with van der Waals surface area (Å²) in [7, 11) is 1.56. The quantitative estimate of drug-likeness (QED) is 0.873. The largest absolute Gasteiger partial charge is 0.495 e. The van der Waals surface area contributed by atoms with Crippen LogP contribution in [-0.2, 0) is 0 Å². The molecule has 5 nitrogen and oxygen atoms in total. The predicted octanol–water partition coefficient (Wildman–Crippen LogP) is 3.63. The Labute approximate surface area is 127 Å². The van der Waals surface area contributed by atoms with Crippen molar-refractivity contribution in [1.29, 1.82) is 5.26 Å². The van der Waals surface area contributed by atoms with Gasteiger partial charge in [0.2, 0.25) is 0 Å². The summed E-state index contributed by atoms with van der Waals surface area (Å²) in [5, 5.41) is 12.5. The van der Waals surface area contributed by atoms with Gasteiger partial charge in [0.1, 0.15) is 22.5 Å². The van der Waals surface area contributed by atoms with Crippen LogP contribution in [0.1, 0.15) is 30.1 Å². The number of nitriles is 1. The maximum absolute atomic E-state index is 8.91. The minimum atomic E-state index is 0.419. The van der Waals surface area contributed by atoms with Crippen molar-refractivity contribution >= 4 is 23.1 Å². The number of halogens is 1. The standard InChI is InChI=1S/C15H13ClN4O/c1-21-12-6-9(8-17)2-5-11(12)18-14-7-13(16)19-15(20-14)10-3-4-10/h2,5-7,10H,3-4H2,1H3,(H,18,19,20). The molecule has 0 unspecified atom stereocenters. The number of hydrogen-bond acceptors (Lipinski definition) is 5. The number of benzene rings is 1. The molecule has 1 aromatic carbocycles. The minimum Gasteiger partial charge on any atom is -0.495 e. The lowest BCUT2D eigenvalue weighted by Gasteiger charge is -2.11. The van der Waals surface area contributed by atoms with Gasteiger partial charge in [-0.1, -0.05) is 11.6 Å². The van der Waals surface area contributed by atoms with E-state index in [9.17, 15) is 0 Å². The highest BCUT2D eigenvalue weighted by molar-refractivity contribution is 6.29. The molecule has 1 N–H and O–H groups in total. The molecule has 0 saturated heterocycles. The van der Waals surface area contributed by atoms with Crippen molar-refractivity contribution in [2.75, 3.05) is 12.4 Å². The van der Waals surface area contributed by atoms with Crippen molar-refractivity contribution in [1.82, 2.24) is 9.97 Å². The summed E-state index contributed by atoms with van der Waals surface area (Å²) in [6.45, 7) is 0. The van der Waals surface area contributed by atoms with E-state index in [1.165, 1.54) is 0 Å². The fourth-order valence-corrected chi connectivity index (χ4v) is 2.22. The first-order valence-electron chi connectivity index (χ1n) is 6.59. The molecule has 0 atom stereocenters. The van der Waals surface area contributed by atoms with E-state index in [2.05, 4.69) is 21.4 Å². The average Bonchev–Trinajstić information content (AvgIpc) is 3.31. The highest BCUT2D eigenvalue weighted by Crippen LogP contribution is 2.39. The van der Waals surface area contributed by atoms with Gasteiger partial charge < -0.3 is 10.1 Å². The Morgan fingerprint density at radius 1 is 1.33 bits per heavy atom. The number of ether oxygens (including phenoxy) is 1. The van der Waals surface area contributed by atoms with Crippen molar-refractivity contribution in [3.8, 4) is 11.8 Å². The van der Waals surface area contributed by atoms with E-state index in [1.807, 2.05) is 0 Å². The zero-order valence-corrected chi connectivity index (χ0v) is 12.2. The molecule has 0 amide bonds. The molecular weight excluding hydrogens is 288 g/mol. The molecule has 1 aliphatic rings. The topological polar surface area (TPSA) is 70.8 Å². The van der Waals surface area contributed by atoms with E-state index in [-0.39, 0.29) is 0 Å². The second-order valence-corrected chi connectivity index (χ2v) is 5.25. The third-order valence-electron chi connectivity index (χ3n) is 3.25. The van der Waals surface area contributed by atoms with E-state index in [4.69, 9.17) is 21.6 Å². The fourth-order valence-electron chi connectivity index (χ4n) is 2.03. The molecular formula is C15H13ClN4O. The number of aromatic nitrogens is 2. The van der Waals surface area contributed by atoms with E-state index in [0.29, 0.717) is 28.2 Å². The van der Waals surface area contributed by atoms with Gasteiger partial charge in [-0.25, -0.2) is 9.97 Å². The normalized spacial score (nSPS) is 13.6. The lowest BCUT2D eigenvalue weighted by atomic mass is 10.2. The molecule has 0 spiro atoms. The van der Waals surface area contributed by atoms with Crippen LogP contribution in [-0.4, -0.2) is 17.1 Å².